The minimum absolute atomic E-state index is 0.0458. The Morgan fingerprint density at radius 3 is 2.08 bits per heavy atom. The summed E-state index contributed by atoms with van der Waals surface area (Å²) in [7, 11) is 3.17. The van der Waals surface area contributed by atoms with Crippen molar-refractivity contribution in [2.75, 3.05) is 81.6 Å². The minimum atomic E-state index is -0.606. The van der Waals surface area contributed by atoms with Crippen LogP contribution in [0, 0.1) is 6.92 Å². The average Bonchev–Trinajstić information content (AvgIpc) is 4.25. The topological polar surface area (TPSA) is 166 Å². The van der Waals surface area contributed by atoms with Crippen LogP contribution in [0.5, 0.6) is 17.2 Å². The molecule has 17 heteroatoms. The predicted molar refractivity (Wildman–Crippen MR) is 306 cm³/mol. The highest BCUT2D eigenvalue weighted by Gasteiger charge is 2.43. The van der Waals surface area contributed by atoms with E-state index in [-0.39, 0.29) is 74.1 Å². The number of methoxy groups -OCH3 is 2. The maximum atomic E-state index is 14.2. The number of aryl methyl sites for hydroxylation is 1. The molecule has 5 aromatic rings. The molecule has 1 unspecified atom stereocenters. The van der Waals surface area contributed by atoms with Gasteiger partial charge in [0.05, 0.1) is 68.7 Å². The quantitative estimate of drug-likeness (QED) is 0.0425. The standard InChI is InChI=1S/C62H67N5O11S/c1-39-25-49-43(15-16-46-29-44-11-7-9-13-52(44)66(46)59(49)70)31-54(39)77-36-41-26-42(37-78-56-33-51-50(32-55(56)74-6)60(71)67-48(35-63-51)30-45-12-8-10-14-53(45)67)28-47(27-41)64(19-20-75-23-24-76-22-21-73-5)38-62(3,4)79-57-34-58(69)65(61(57)72)18-17-40(2)68/h7-16,25-28,31-33,35,46,48,57H,17-24,29-30,34,36-38H2,1-6H3/t46-,48+,57?/m1/s1. The first-order valence-electron chi connectivity index (χ1n) is 26.9. The lowest BCUT2D eigenvalue weighted by Crippen LogP contribution is -2.41. The molecule has 5 aliphatic heterocycles. The van der Waals surface area contributed by atoms with Crippen LogP contribution in [0.25, 0.3) is 6.08 Å². The first-order chi connectivity index (χ1) is 38.2. The van der Waals surface area contributed by atoms with Crippen LogP contribution < -0.4 is 28.9 Å². The maximum Gasteiger partial charge on any atom is 0.261 e. The highest BCUT2D eigenvalue weighted by atomic mass is 32.2. The number of amides is 4. The monoisotopic (exact) mass is 1090 g/mol. The molecule has 3 atom stereocenters. The molecule has 1 saturated heterocycles. The highest BCUT2D eigenvalue weighted by molar-refractivity contribution is 8.02. The molecule has 5 aliphatic rings. The van der Waals surface area contributed by atoms with E-state index >= 15 is 0 Å². The smallest absolute Gasteiger partial charge is 0.261 e. The van der Waals surface area contributed by atoms with Crippen molar-refractivity contribution in [1.82, 2.24) is 4.90 Å². The van der Waals surface area contributed by atoms with E-state index in [9.17, 15) is 24.0 Å². The molecule has 412 valence electrons. The van der Waals surface area contributed by atoms with Gasteiger partial charge in [-0.3, -0.25) is 38.8 Å². The molecule has 0 N–H and O–H groups in total. The SMILES string of the molecule is COCCOCCOCCN(CC(C)(C)SC1CC(=O)N(CCC(C)=O)C1=O)c1cc(COc2cc3c(cc2C)C(=O)N2c4ccccc4C[C@H]2C=C3)cc(COc2cc3c(cc2OC)C(=O)N2c4ccccc4C[C@H]2C=N3)c1. The van der Waals surface area contributed by atoms with Crippen molar-refractivity contribution in [1.29, 1.82) is 0 Å². The molecule has 5 heterocycles. The number of nitrogens with zero attached hydrogens (tertiary/aromatic N) is 5. The summed E-state index contributed by atoms with van der Waals surface area (Å²) in [5.41, 5.74) is 9.63. The van der Waals surface area contributed by atoms with Crippen LogP contribution in [0.3, 0.4) is 0 Å². The van der Waals surface area contributed by atoms with E-state index in [0.29, 0.717) is 86.6 Å². The van der Waals surface area contributed by atoms with E-state index in [4.69, 9.17) is 33.4 Å². The second-order valence-electron chi connectivity index (χ2n) is 21.1. The number of hydrogen-bond acceptors (Lipinski definition) is 14. The minimum Gasteiger partial charge on any atom is -0.493 e. The van der Waals surface area contributed by atoms with E-state index in [0.717, 1.165) is 56.9 Å². The van der Waals surface area contributed by atoms with Gasteiger partial charge < -0.3 is 38.2 Å². The van der Waals surface area contributed by atoms with Gasteiger partial charge in [-0.15, -0.1) is 11.8 Å². The van der Waals surface area contributed by atoms with Crippen molar-refractivity contribution >= 4 is 76.2 Å². The molecule has 16 nitrogen and oxygen atoms in total. The van der Waals surface area contributed by atoms with Crippen LogP contribution in [0.4, 0.5) is 22.7 Å². The molecule has 0 spiro atoms. The number of benzene rings is 5. The number of Topliss-reactive ketones (excluding diaryl/α,β-unsaturated/α-hetero) is 1. The average molecular weight is 1090 g/mol. The van der Waals surface area contributed by atoms with Crippen molar-refractivity contribution in [2.24, 2.45) is 4.99 Å². The zero-order valence-corrected chi connectivity index (χ0v) is 46.5. The Hall–Kier alpha value is -7.31. The van der Waals surface area contributed by atoms with Gasteiger partial charge in [0.2, 0.25) is 11.8 Å². The Balaban J connectivity index is 0.946. The first kappa shape index (κ1) is 55.0. The van der Waals surface area contributed by atoms with Gasteiger partial charge in [0.15, 0.2) is 11.5 Å². The van der Waals surface area contributed by atoms with Gasteiger partial charge >= 0.3 is 0 Å². The molecule has 79 heavy (non-hydrogen) atoms. The number of ether oxygens (including phenoxy) is 6. The molecule has 0 saturated carbocycles. The lowest BCUT2D eigenvalue weighted by Gasteiger charge is -2.35. The molecule has 4 amide bonds. The molecule has 10 rings (SSSR count). The summed E-state index contributed by atoms with van der Waals surface area (Å²) >= 11 is 1.45. The number of hydrogen-bond donors (Lipinski definition) is 0. The number of ketones is 1. The number of fused-ring (bicyclic) bond motifs is 8. The number of imide groups is 1. The van der Waals surface area contributed by atoms with Crippen molar-refractivity contribution in [2.45, 2.75) is 88.7 Å². The number of carbonyl (C=O) groups excluding carboxylic acids is 5. The summed E-state index contributed by atoms with van der Waals surface area (Å²) in [5, 5.41) is -0.606. The second kappa shape index (κ2) is 24.0. The third-order valence-electron chi connectivity index (χ3n) is 14.9. The Morgan fingerprint density at radius 2 is 1.38 bits per heavy atom. The Kier molecular flexibility index (Phi) is 16.7. The van der Waals surface area contributed by atoms with E-state index in [1.54, 1.807) is 31.3 Å². The molecule has 0 radical (unpaired) electrons. The number of aliphatic imine (C=N–C) groups is 1. The summed E-state index contributed by atoms with van der Waals surface area (Å²) in [4.78, 5) is 79.0. The maximum absolute atomic E-state index is 14.2. The van der Waals surface area contributed by atoms with Crippen molar-refractivity contribution < 1.29 is 52.4 Å². The van der Waals surface area contributed by atoms with Crippen LogP contribution in [0.1, 0.15) is 87.7 Å². The fourth-order valence-electron chi connectivity index (χ4n) is 11.0. The molecule has 1 fully saturated rings. The van der Waals surface area contributed by atoms with E-state index in [2.05, 4.69) is 43.0 Å². The number of rotatable bonds is 24. The fraction of sp³-hybridized carbons (Fsp3) is 0.387. The number of anilines is 3. The van der Waals surface area contributed by atoms with Gasteiger partial charge in [0, 0.05) is 85.7 Å². The van der Waals surface area contributed by atoms with Crippen LogP contribution in [0.2, 0.25) is 0 Å². The second-order valence-corrected chi connectivity index (χ2v) is 23.1. The third kappa shape index (κ3) is 12.1. The summed E-state index contributed by atoms with van der Waals surface area (Å²) in [6, 6.07) is 29.2. The van der Waals surface area contributed by atoms with Gasteiger partial charge in [-0.1, -0.05) is 48.6 Å². The van der Waals surface area contributed by atoms with Gasteiger partial charge in [-0.2, -0.15) is 0 Å². The molecule has 0 aliphatic carbocycles. The lowest BCUT2D eigenvalue weighted by molar-refractivity contribution is -0.138. The molecule has 0 bridgehead atoms. The van der Waals surface area contributed by atoms with Gasteiger partial charge in [-0.25, -0.2) is 0 Å². The van der Waals surface area contributed by atoms with Crippen LogP contribution in [-0.2, 0) is 54.6 Å². The zero-order chi connectivity index (χ0) is 55.4. The highest BCUT2D eigenvalue weighted by Crippen LogP contribution is 2.43. The van der Waals surface area contributed by atoms with Crippen LogP contribution in [0.15, 0.2) is 102 Å². The summed E-state index contributed by atoms with van der Waals surface area (Å²) in [6.45, 7) is 10.8. The van der Waals surface area contributed by atoms with Crippen LogP contribution >= 0.6 is 11.8 Å². The predicted octanol–water partition coefficient (Wildman–Crippen LogP) is 9.15. The van der Waals surface area contributed by atoms with Crippen molar-refractivity contribution in [3.63, 3.8) is 0 Å². The Bertz CT molecular complexity index is 3230. The van der Waals surface area contributed by atoms with Gasteiger partial charge in [0.25, 0.3) is 11.8 Å². The number of carbonyl (C=O) groups is 5. The first-order valence-corrected chi connectivity index (χ1v) is 27.8. The lowest BCUT2D eigenvalue weighted by atomic mass is 10.0. The zero-order valence-electron chi connectivity index (χ0n) is 45.7. The number of para-hydroxylation sites is 2. The molecular formula is C62H67N5O11S. The number of likely N-dealkylation sites (tertiary alicyclic amines) is 1. The Labute approximate surface area is 465 Å². The van der Waals surface area contributed by atoms with Crippen molar-refractivity contribution in [3.8, 4) is 17.2 Å². The van der Waals surface area contributed by atoms with E-state index in [1.165, 1.54) is 23.6 Å². The van der Waals surface area contributed by atoms with Gasteiger partial charge in [-0.05, 0) is 116 Å². The summed E-state index contributed by atoms with van der Waals surface area (Å²) in [5.74, 6) is 0.580. The van der Waals surface area contributed by atoms with Crippen molar-refractivity contribution in [3.05, 3.63) is 142 Å². The van der Waals surface area contributed by atoms with E-state index < -0.39 is 10.00 Å². The van der Waals surface area contributed by atoms with E-state index in [1.807, 2.05) is 84.8 Å². The largest absolute Gasteiger partial charge is 0.493 e. The Morgan fingerprint density at radius 1 is 0.734 bits per heavy atom. The number of thioether (sulfide) groups is 1. The fourth-order valence-corrected chi connectivity index (χ4v) is 12.5. The molecule has 0 aromatic heterocycles. The summed E-state index contributed by atoms with van der Waals surface area (Å²) < 4.78 is 35.6. The van der Waals surface area contributed by atoms with Gasteiger partial charge in [0.1, 0.15) is 24.7 Å². The molecule has 5 aromatic carbocycles. The normalized spacial score (nSPS) is 17.9. The molecular weight excluding hydrogens is 1020 g/mol. The van der Waals surface area contributed by atoms with Crippen LogP contribution in [-0.4, -0.2) is 129 Å². The third-order valence-corrected chi connectivity index (χ3v) is 16.3. The summed E-state index contributed by atoms with van der Waals surface area (Å²) in [6.07, 6.45) is 7.55.